The Bertz CT molecular complexity index is 462. The van der Waals surface area contributed by atoms with Crippen molar-refractivity contribution in [1.82, 2.24) is 10.2 Å². The molecule has 1 heterocycles. The molecule has 21 heavy (non-hydrogen) atoms. The Morgan fingerprint density at radius 3 is 2.76 bits per heavy atom. The Balaban J connectivity index is 1.75. The van der Waals surface area contributed by atoms with Crippen LogP contribution < -0.4 is 10.6 Å². The van der Waals surface area contributed by atoms with Gasteiger partial charge in [0.05, 0.1) is 12.3 Å². The zero-order valence-corrected chi connectivity index (χ0v) is 12.3. The molecule has 2 rings (SSSR count). The third kappa shape index (κ3) is 4.60. The van der Waals surface area contributed by atoms with E-state index in [1.807, 2.05) is 6.07 Å². The molecule has 1 aliphatic heterocycles. The second-order valence-corrected chi connectivity index (χ2v) is 5.11. The third-order valence-corrected chi connectivity index (χ3v) is 3.60. The van der Waals surface area contributed by atoms with Gasteiger partial charge in [-0.05, 0) is 25.0 Å². The average molecular weight is 295 g/mol. The zero-order valence-electron chi connectivity index (χ0n) is 12.3. The number of benzene rings is 1. The van der Waals surface area contributed by atoms with Crippen LogP contribution in [0.5, 0.6) is 0 Å². The first-order valence-electron chi connectivity index (χ1n) is 7.23. The standard InChI is InChI=1S/C15H22FN3O2/c1-21-11-8-17-15(20)19-9-6-12(7-10-19)18-14-5-3-2-4-13(14)16/h2-5,12,18H,6-11H2,1H3,(H,17,20). The number of ether oxygens (including phenoxy) is 1. The van der Waals surface area contributed by atoms with Gasteiger partial charge in [0.1, 0.15) is 5.82 Å². The summed E-state index contributed by atoms with van der Waals surface area (Å²) in [5.41, 5.74) is 0.528. The van der Waals surface area contributed by atoms with Crippen molar-refractivity contribution in [2.24, 2.45) is 0 Å². The number of carbonyl (C=O) groups is 1. The highest BCUT2D eigenvalue weighted by Gasteiger charge is 2.22. The monoisotopic (exact) mass is 295 g/mol. The van der Waals surface area contributed by atoms with E-state index >= 15 is 0 Å². The predicted octanol–water partition coefficient (Wildman–Crippen LogP) is 2.06. The van der Waals surface area contributed by atoms with E-state index in [-0.39, 0.29) is 17.9 Å². The molecule has 0 unspecified atom stereocenters. The van der Waals surface area contributed by atoms with E-state index in [4.69, 9.17) is 4.74 Å². The first kappa shape index (κ1) is 15.6. The number of rotatable bonds is 5. The van der Waals surface area contributed by atoms with Gasteiger partial charge in [-0.1, -0.05) is 12.1 Å². The number of urea groups is 1. The number of hydrogen-bond acceptors (Lipinski definition) is 3. The fourth-order valence-corrected chi connectivity index (χ4v) is 2.40. The van der Waals surface area contributed by atoms with E-state index in [0.29, 0.717) is 31.9 Å². The van der Waals surface area contributed by atoms with E-state index in [1.54, 1.807) is 24.1 Å². The number of anilines is 1. The number of likely N-dealkylation sites (tertiary alicyclic amines) is 1. The molecule has 5 nitrogen and oxygen atoms in total. The molecule has 0 spiro atoms. The van der Waals surface area contributed by atoms with Gasteiger partial charge in [0, 0.05) is 32.8 Å². The summed E-state index contributed by atoms with van der Waals surface area (Å²) >= 11 is 0. The average Bonchev–Trinajstić information content (AvgIpc) is 2.50. The van der Waals surface area contributed by atoms with Crippen molar-refractivity contribution in [1.29, 1.82) is 0 Å². The number of carbonyl (C=O) groups excluding carboxylic acids is 1. The molecule has 2 N–H and O–H groups in total. The molecule has 0 bridgehead atoms. The van der Waals surface area contributed by atoms with Gasteiger partial charge in [-0.3, -0.25) is 0 Å². The quantitative estimate of drug-likeness (QED) is 0.818. The molecule has 0 aromatic heterocycles. The highest BCUT2D eigenvalue weighted by atomic mass is 19.1. The number of piperidine rings is 1. The third-order valence-electron chi connectivity index (χ3n) is 3.60. The maximum Gasteiger partial charge on any atom is 0.317 e. The summed E-state index contributed by atoms with van der Waals surface area (Å²) in [5, 5.41) is 6.02. The Kier molecular flexibility index (Phi) is 5.80. The van der Waals surface area contributed by atoms with Gasteiger partial charge in [0.15, 0.2) is 0 Å². The second-order valence-electron chi connectivity index (χ2n) is 5.11. The Labute approximate surface area is 124 Å². The van der Waals surface area contributed by atoms with Crippen LogP contribution in [0.2, 0.25) is 0 Å². The van der Waals surface area contributed by atoms with Gasteiger partial charge >= 0.3 is 6.03 Å². The number of halogens is 1. The second kappa shape index (κ2) is 7.83. The van der Waals surface area contributed by atoms with Crippen LogP contribution in [-0.2, 0) is 4.74 Å². The minimum atomic E-state index is -0.239. The van der Waals surface area contributed by atoms with Crippen LogP contribution in [0.15, 0.2) is 24.3 Å². The van der Waals surface area contributed by atoms with Crippen LogP contribution in [-0.4, -0.2) is 50.3 Å². The molecule has 116 valence electrons. The molecule has 0 radical (unpaired) electrons. The Morgan fingerprint density at radius 2 is 2.10 bits per heavy atom. The Morgan fingerprint density at radius 1 is 1.38 bits per heavy atom. The van der Waals surface area contributed by atoms with Crippen molar-refractivity contribution in [3.8, 4) is 0 Å². The molecule has 2 amide bonds. The summed E-state index contributed by atoms with van der Waals surface area (Å²) in [7, 11) is 1.60. The number of methoxy groups -OCH3 is 1. The van der Waals surface area contributed by atoms with E-state index in [0.717, 1.165) is 12.8 Å². The van der Waals surface area contributed by atoms with Crippen LogP contribution in [0.4, 0.5) is 14.9 Å². The van der Waals surface area contributed by atoms with Gasteiger partial charge in [0.2, 0.25) is 0 Å². The minimum Gasteiger partial charge on any atom is -0.383 e. The van der Waals surface area contributed by atoms with Crippen molar-refractivity contribution in [3.63, 3.8) is 0 Å². The smallest absolute Gasteiger partial charge is 0.317 e. The van der Waals surface area contributed by atoms with Crippen molar-refractivity contribution >= 4 is 11.7 Å². The van der Waals surface area contributed by atoms with Crippen LogP contribution in [0.25, 0.3) is 0 Å². The van der Waals surface area contributed by atoms with Crippen LogP contribution >= 0.6 is 0 Å². The summed E-state index contributed by atoms with van der Waals surface area (Å²) < 4.78 is 18.5. The summed E-state index contributed by atoms with van der Waals surface area (Å²) in [4.78, 5) is 13.7. The molecular weight excluding hydrogens is 273 g/mol. The molecular formula is C15H22FN3O2. The number of para-hydroxylation sites is 1. The number of nitrogens with zero attached hydrogens (tertiary/aromatic N) is 1. The van der Waals surface area contributed by atoms with E-state index < -0.39 is 0 Å². The van der Waals surface area contributed by atoms with E-state index in [1.165, 1.54) is 6.07 Å². The summed E-state index contributed by atoms with van der Waals surface area (Å²) in [5.74, 6) is -0.239. The van der Waals surface area contributed by atoms with Crippen molar-refractivity contribution < 1.29 is 13.9 Å². The first-order valence-corrected chi connectivity index (χ1v) is 7.23. The molecule has 1 fully saturated rings. The van der Waals surface area contributed by atoms with Gasteiger partial charge in [-0.15, -0.1) is 0 Å². The van der Waals surface area contributed by atoms with E-state index in [9.17, 15) is 9.18 Å². The molecule has 1 aromatic carbocycles. The summed E-state index contributed by atoms with van der Waals surface area (Å²) in [6.45, 7) is 2.37. The first-order chi connectivity index (χ1) is 10.2. The molecule has 1 aromatic rings. The highest BCUT2D eigenvalue weighted by molar-refractivity contribution is 5.74. The fraction of sp³-hybridized carbons (Fsp3) is 0.533. The molecule has 0 aliphatic carbocycles. The molecule has 6 heteroatoms. The normalized spacial score (nSPS) is 15.8. The lowest BCUT2D eigenvalue weighted by atomic mass is 10.0. The lowest BCUT2D eigenvalue weighted by Gasteiger charge is -2.33. The van der Waals surface area contributed by atoms with Gasteiger partial charge in [0.25, 0.3) is 0 Å². The van der Waals surface area contributed by atoms with Crippen molar-refractivity contribution in [2.75, 3.05) is 38.7 Å². The van der Waals surface area contributed by atoms with Crippen LogP contribution in [0.1, 0.15) is 12.8 Å². The maximum atomic E-state index is 13.6. The minimum absolute atomic E-state index is 0.0589. The predicted molar refractivity (Wildman–Crippen MR) is 79.9 cm³/mol. The maximum absolute atomic E-state index is 13.6. The lowest BCUT2D eigenvalue weighted by molar-refractivity contribution is 0.171. The molecule has 0 saturated carbocycles. The Hall–Kier alpha value is -1.82. The van der Waals surface area contributed by atoms with Crippen molar-refractivity contribution in [3.05, 3.63) is 30.1 Å². The molecule has 1 aliphatic rings. The van der Waals surface area contributed by atoms with Crippen molar-refractivity contribution in [2.45, 2.75) is 18.9 Å². The molecule has 1 saturated heterocycles. The van der Waals surface area contributed by atoms with Gasteiger partial charge in [-0.25, -0.2) is 9.18 Å². The van der Waals surface area contributed by atoms with Gasteiger partial charge < -0.3 is 20.3 Å². The fourth-order valence-electron chi connectivity index (χ4n) is 2.40. The lowest BCUT2D eigenvalue weighted by Crippen LogP contribution is -2.47. The van der Waals surface area contributed by atoms with Crippen LogP contribution in [0.3, 0.4) is 0 Å². The topological polar surface area (TPSA) is 53.6 Å². The number of amides is 2. The summed E-state index contributed by atoms with van der Waals surface area (Å²) in [6.07, 6.45) is 1.62. The van der Waals surface area contributed by atoms with Gasteiger partial charge in [-0.2, -0.15) is 0 Å². The zero-order chi connectivity index (χ0) is 15.1. The van der Waals surface area contributed by atoms with E-state index in [2.05, 4.69) is 10.6 Å². The molecule has 0 atom stereocenters. The SMILES string of the molecule is COCCNC(=O)N1CCC(Nc2ccccc2F)CC1. The highest BCUT2D eigenvalue weighted by Crippen LogP contribution is 2.19. The number of hydrogen-bond donors (Lipinski definition) is 2. The largest absolute Gasteiger partial charge is 0.383 e. The summed E-state index contributed by atoms with van der Waals surface area (Å²) in [6, 6.07) is 6.80. The van der Waals surface area contributed by atoms with Crippen LogP contribution in [0, 0.1) is 5.82 Å². The number of nitrogens with one attached hydrogen (secondary N) is 2.